The van der Waals surface area contributed by atoms with Crippen LogP contribution in [0, 0.1) is 0 Å². The first-order chi connectivity index (χ1) is 11.9. The molecule has 5 heteroatoms. The van der Waals surface area contributed by atoms with Gasteiger partial charge in [0.15, 0.2) is 0 Å². The van der Waals surface area contributed by atoms with Crippen LogP contribution in [0.25, 0.3) is 0 Å². The molecule has 132 valence electrons. The number of rotatable bonds is 6. The molecular formula is C20H25N3O2. The van der Waals surface area contributed by atoms with E-state index < -0.39 is 0 Å². The van der Waals surface area contributed by atoms with E-state index in [4.69, 9.17) is 0 Å². The van der Waals surface area contributed by atoms with Crippen molar-refractivity contribution in [3.8, 4) is 0 Å². The Hall–Kier alpha value is -2.82. The lowest BCUT2D eigenvalue weighted by atomic mass is 10.0. The van der Waals surface area contributed by atoms with Crippen LogP contribution in [0.3, 0.4) is 0 Å². The number of hydrogen-bond acceptors (Lipinski definition) is 3. The average molecular weight is 339 g/mol. The lowest BCUT2D eigenvalue weighted by molar-refractivity contribution is -0.114. The Kier molecular flexibility index (Phi) is 6.17. The highest BCUT2D eigenvalue weighted by atomic mass is 16.2. The number of nitrogens with zero attached hydrogens (tertiary/aromatic N) is 1. The summed E-state index contributed by atoms with van der Waals surface area (Å²) in [6, 6.07) is 15.0. The Morgan fingerprint density at radius 2 is 1.68 bits per heavy atom. The van der Waals surface area contributed by atoms with Gasteiger partial charge < -0.3 is 15.5 Å². The van der Waals surface area contributed by atoms with Crippen molar-refractivity contribution in [2.24, 2.45) is 0 Å². The third-order valence-corrected chi connectivity index (χ3v) is 3.83. The van der Waals surface area contributed by atoms with E-state index in [9.17, 15) is 9.59 Å². The number of carbonyl (C=O) groups excluding carboxylic acids is 2. The maximum atomic E-state index is 12.1. The Bertz CT molecular complexity index is 737. The molecule has 0 atom stereocenters. The highest BCUT2D eigenvalue weighted by molar-refractivity contribution is 5.97. The predicted octanol–water partition coefficient (Wildman–Crippen LogP) is 3.56. The molecular weight excluding hydrogens is 314 g/mol. The maximum absolute atomic E-state index is 12.1. The van der Waals surface area contributed by atoms with Crippen LogP contribution in [0.15, 0.2) is 48.5 Å². The molecule has 0 aromatic heterocycles. The van der Waals surface area contributed by atoms with Gasteiger partial charge in [0.2, 0.25) is 5.91 Å². The van der Waals surface area contributed by atoms with Gasteiger partial charge in [0.1, 0.15) is 0 Å². The summed E-state index contributed by atoms with van der Waals surface area (Å²) in [4.78, 5) is 25.6. The van der Waals surface area contributed by atoms with E-state index in [-0.39, 0.29) is 18.4 Å². The number of carbonyl (C=O) groups is 2. The van der Waals surface area contributed by atoms with Gasteiger partial charge in [-0.05, 0) is 41.8 Å². The first kappa shape index (κ1) is 18.5. The molecule has 2 amide bonds. The minimum Gasteiger partial charge on any atom is -0.376 e. The quantitative estimate of drug-likeness (QED) is 0.846. The van der Waals surface area contributed by atoms with Crippen LogP contribution in [0.1, 0.15) is 35.7 Å². The molecule has 2 aromatic carbocycles. The van der Waals surface area contributed by atoms with E-state index in [2.05, 4.69) is 36.6 Å². The third kappa shape index (κ3) is 5.35. The van der Waals surface area contributed by atoms with Crippen molar-refractivity contribution in [3.63, 3.8) is 0 Å². The van der Waals surface area contributed by atoms with Gasteiger partial charge in [-0.1, -0.05) is 32.0 Å². The molecule has 0 bridgehead atoms. The lowest BCUT2D eigenvalue weighted by Gasteiger charge is -2.12. The summed E-state index contributed by atoms with van der Waals surface area (Å²) in [6.07, 6.45) is 0. The van der Waals surface area contributed by atoms with Crippen LogP contribution >= 0.6 is 0 Å². The van der Waals surface area contributed by atoms with Crippen molar-refractivity contribution in [1.82, 2.24) is 4.90 Å². The predicted molar refractivity (Wildman–Crippen MR) is 102 cm³/mol. The maximum Gasteiger partial charge on any atom is 0.253 e. The number of hydrogen-bond donors (Lipinski definition) is 2. The zero-order valence-corrected chi connectivity index (χ0v) is 15.2. The zero-order valence-electron chi connectivity index (χ0n) is 15.2. The fourth-order valence-corrected chi connectivity index (χ4v) is 2.36. The molecule has 0 aliphatic heterocycles. The second kappa shape index (κ2) is 8.33. The summed E-state index contributed by atoms with van der Waals surface area (Å²) in [7, 11) is 3.39. The standard InChI is InChI=1S/C20H25N3O2/c1-14(2)15-8-10-17(11-9-15)21-13-19(24)22-18-7-5-6-16(12-18)20(25)23(3)4/h5-12,14,21H,13H2,1-4H3,(H,22,24). The van der Waals surface area contributed by atoms with Gasteiger partial charge in [0.05, 0.1) is 6.54 Å². The summed E-state index contributed by atoms with van der Waals surface area (Å²) >= 11 is 0. The van der Waals surface area contributed by atoms with E-state index in [0.29, 0.717) is 17.2 Å². The van der Waals surface area contributed by atoms with Gasteiger partial charge in [-0.3, -0.25) is 9.59 Å². The van der Waals surface area contributed by atoms with Crippen molar-refractivity contribution in [1.29, 1.82) is 0 Å². The second-order valence-electron chi connectivity index (χ2n) is 6.46. The average Bonchev–Trinajstić information content (AvgIpc) is 2.59. The molecule has 0 fully saturated rings. The molecule has 2 N–H and O–H groups in total. The molecule has 25 heavy (non-hydrogen) atoms. The van der Waals surface area contributed by atoms with Crippen LogP contribution in [0.2, 0.25) is 0 Å². The normalized spacial score (nSPS) is 10.4. The second-order valence-corrected chi connectivity index (χ2v) is 6.46. The molecule has 0 unspecified atom stereocenters. The van der Waals surface area contributed by atoms with Crippen molar-refractivity contribution in [2.75, 3.05) is 31.3 Å². The van der Waals surface area contributed by atoms with Gasteiger partial charge >= 0.3 is 0 Å². The minimum atomic E-state index is -0.164. The Morgan fingerprint density at radius 1 is 1.00 bits per heavy atom. The first-order valence-corrected chi connectivity index (χ1v) is 8.32. The van der Waals surface area contributed by atoms with Crippen LogP contribution in [-0.2, 0) is 4.79 Å². The van der Waals surface area contributed by atoms with Crippen molar-refractivity contribution in [2.45, 2.75) is 19.8 Å². The van der Waals surface area contributed by atoms with E-state index in [1.165, 1.54) is 10.5 Å². The van der Waals surface area contributed by atoms with Crippen molar-refractivity contribution >= 4 is 23.2 Å². The van der Waals surface area contributed by atoms with E-state index in [1.54, 1.807) is 38.4 Å². The van der Waals surface area contributed by atoms with Crippen molar-refractivity contribution in [3.05, 3.63) is 59.7 Å². The van der Waals surface area contributed by atoms with Crippen LogP contribution in [-0.4, -0.2) is 37.4 Å². The fraction of sp³-hybridized carbons (Fsp3) is 0.300. The molecule has 0 aliphatic carbocycles. The van der Waals surface area contributed by atoms with E-state index >= 15 is 0 Å². The fourth-order valence-electron chi connectivity index (χ4n) is 2.36. The van der Waals surface area contributed by atoms with Gasteiger partial charge in [-0.2, -0.15) is 0 Å². The SMILES string of the molecule is CC(C)c1ccc(NCC(=O)Nc2cccc(C(=O)N(C)C)c2)cc1. The van der Waals surface area contributed by atoms with Crippen LogP contribution in [0.5, 0.6) is 0 Å². The molecule has 0 aliphatic rings. The van der Waals surface area contributed by atoms with Gasteiger partial charge in [-0.15, -0.1) is 0 Å². The lowest BCUT2D eigenvalue weighted by Crippen LogP contribution is -2.23. The van der Waals surface area contributed by atoms with Gasteiger partial charge in [0, 0.05) is 31.0 Å². The highest BCUT2D eigenvalue weighted by Gasteiger charge is 2.09. The molecule has 0 saturated carbocycles. The molecule has 0 saturated heterocycles. The third-order valence-electron chi connectivity index (χ3n) is 3.83. The minimum absolute atomic E-state index is 0.0977. The zero-order chi connectivity index (χ0) is 18.4. The van der Waals surface area contributed by atoms with Gasteiger partial charge in [0.25, 0.3) is 5.91 Å². The molecule has 0 radical (unpaired) electrons. The molecule has 2 aromatic rings. The Balaban J connectivity index is 1.92. The number of benzene rings is 2. The number of nitrogens with one attached hydrogen (secondary N) is 2. The Labute approximate surface area is 149 Å². The summed E-state index contributed by atoms with van der Waals surface area (Å²) in [5.41, 5.74) is 3.31. The molecule has 0 spiro atoms. The van der Waals surface area contributed by atoms with Crippen molar-refractivity contribution < 1.29 is 9.59 Å². The summed E-state index contributed by atoms with van der Waals surface area (Å²) in [5.74, 6) is 0.219. The molecule has 0 heterocycles. The van der Waals surface area contributed by atoms with E-state index in [0.717, 1.165) is 5.69 Å². The summed E-state index contributed by atoms with van der Waals surface area (Å²) < 4.78 is 0. The Morgan fingerprint density at radius 3 is 2.28 bits per heavy atom. The van der Waals surface area contributed by atoms with Crippen LogP contribution in [0.4, 0.5) is 11.4 Å². The summed E-state index contributed by atoms with van der Waals surface area (Å²) in [5, 5.41) is 5.90. The van der Waals surface area contributed by atoms with E-state index in [1.807, 2.05) is 12.1 Å². The smallest absolute Gasteiger partial charge is 0.253 e. The summed E-state index contributed by atoms with van der Waals surface area (Å²) in [6.45, 7) is 4.45. The number of anilines is 2. The van der Waals surface area contributed by atoms with Gasteiger partial charge in [-0.25, -0.2) is 0 Å². The number of amides is 2. The highest BCUT2D eigenvalue weighted by Crippen LogP contribution is 2.17. The first-order valence-electron chi connectivity index (χ1n) is 8.32. The van der Waals surface area contributed by atoms with Crippen LogP contribution < -0.4 is 10.6 Å². The topological polar surface area (TPSA) is 61.4 Å². The monoisotopic (exact) mass is 339 g/mol. The molecule has 5 nitrogen and oxygen atoms in total. The molecule has 2 rings (SSSR count). The largest absolute Gasteiger partial charge is 0.376 e.